The third-order valence-electron chi connectivity index (χ3n) is 3.72. The van der Waals surface area contributed by atoms with Gasteiger partial charge in [0.05, 0.1) is 4.92 Å². The molecule has 1 aliphatic rings. The summed E-state index contributed by atoms with van der Waals surface area (Å²) in [6.07, 6.45) is 5.84. The van der Waals surface area contributed by atoms with E-state index < -0.39 is 22.3 Å². The van der Waals surface area contributed by atoms with Crippen LogP contribution in [0.4, 0.5) is 10.1 Å². The number of rotatable bonds is 5. The summed E-state index contributed by atoms with van der Waals surface area (Å²) in [6, 6.07) is 3.18. The molecule has 0 saturated heterocycles. The molecule has 1 saturated carbocycles. The molecule has 0 spiro atoms. The van der Waals surface area contributed by atoms with Gasteiger partial charge < -0.3 is 5.32 Å². The summed E-state index contributed by atoms with van der Waals surface area (Å²) >= 11 is 0. The van der Waals surface area contributed by atoms with Crippen LogP contribution < -0.4 is 5.32 Å². The van der Waals surface area contributed by atoms with Crippen molar-refractivity contribution in [1.29, 1.82) is 0 Å². The van der Waals surface area contributed by atoms with Gasteiger partial charge >= 0.3 is 5.69 Å². The van der Waals surface area contributed by atoms with E-state index in [1.54, 1.807) is 0 Å². The minimum absolute atomic E-state index is 0.115. The van der Waals surface area contributed by atoms with Crippen LogP contribution >= 0.6 is 0 Å². The van der Waals surface area contributed by atoms with Crippen LogP contribution in [0.2, 0.25) is 0 Å². The number of carbonyl (C=O) groups is 1. The number of amides is 1. The molecule has 108 valence electrons. The Labute approximate surface area is 116 Å². The van der Waals surface area contributed by atoms with Crippen molar-refractivity contribution in [1.82, 2.24) is 5.32 Å². The molecule has 1 aliphatic carbocycles. The highest BCUT2D eigenvalue weighted by molar-refractivity contribution is 5.94. The number of carbonyl (C=O) groups excluding carboxylic acids is 1. The van der Waals surface area contributed by atoms with Crippen LogP contribution in [0.3, 0.4) is 0 Å². The highest BCUT2D eigenvalue weighted by Gasteiger charge is 2.18. The lowest BCUT2D eigenvalue weighted by atomic mass is 10.0. The van der Waals surface area contributed by atoms with Gasteiger partial charge in [-0.2, -0.15) is 4.39 Å². The molecular weight excluding hydrogens is 263 g/mol. The lowest BCUT2D eigenvalue weighted by Gasteiger charge is -2.09. The molecule has 1 fully saturated rings. The van der Waals surface area contributed by atoms with E-state index in [2.05, 4.69) is 5.32 Å². The van der Waals surface area contributed by atoms with E-state index in [0.29, 0.717) is 12.5 Å². The van der Waals surface area contributed by atoms with Gasteiger partial charge in [0.15, 0.2) is 0 Å². The molecule has 0 radical (unpaired) electrons. The minimum atomic E-state index is -0.933. The van der Waals surface area contributed by atoms with Crippen LogP contribution in [0, 0.1) is 21.8 Å². The fraction of sp³-hybridized carbons (Fsp3) is 0.500. The van der Waals surface area contributed by atoms with Crippen LogP contribution in [-0.4, -0.2) is 17.4 Å². The Morgan fingerprint density at radius 2 is 2.10 bits per heavy atom. The van der Waals surface area contributed by atoms with Gasteiger partial charge in [-0.15, -0.1) is 0 Å². The number of benzene rings is 1. The predicted molar refractivity (Wildman–Crippen MR) is 72.0 cm³/mol. The van der Waals surface area contributed by atoms with E-state index >= 15 is 0 Å². The van der Waals surface area contributed by atoms with Gasteiger partial charge in [0.25, 0.3) is 5.91 Å². The Balaban J connectivity index is 1.91. The fourth-order valence-electron chi connectivity index (χ4n) is 2.58. The monoisotopic (exact) mass is 280 g/mol. The van der Waals surface area contributed by atoms with Crippen LogP contribution in [0.1, 0.15) is 42.5 Å². The number of nitro groups is 1. The first-order chi connectivity index (χ1) is 9.58. The van der Waals surface area contributed by atoms with E-state index in [9.17, 15) is 19.3 Å². The summed E-state index contributed by atoms with van der Waals surface area (Å²) in [5.41, 5.74) is -0.557. The zero-order valence-corrected chi connectivity index (χ0v) is 11.1. The van der Waals surface area contributed by atoms with E-state index in [4.69, 9.17) is 0 Å². The predicted octanol–water partition coefficient (Wildman–Crippen LogP) is 3.04. The Hall–Kier alpha value is -1.98. The Morgan fingerprint density at radius 3 is 2.75 bits per heavy atom. The molecule has 5 nitrogen and oxygen atoms in total. The van der Waals surface area contributed by atoms with Gasteiger partial charge in [0, 0.05) is 18.2 Å². The maximum Gasteiger partial charge on any atom is 0.305 e. The highest BCUT2D eigenvalue weighted by Crippen LogP contribution is 2.27. The summed E-state index contributed by atoms with van der Waals surface area (Å²) in [6.45, 7) is 0.550. The van der Waals surface area contributed by atoms with Crippen LogP contribution in [0.25, 0.3) is 0 Å². The third kappa shape index (κ3) is 3.53. The molecule has 0 aliphatic heterocycles. The summed E-state index contributed by atoms with van der Waals surface area (Å²) in [4.78, 5) is 21.6. The van der Waals surface area contributed by atoms with E-state index in [1.807, 2.05) is 0 Å². The van der Waals surface area contributed by atoms with Gasteiger partial charge in [0.2, 0.25) is 5.82 Å². The van der Waals surface area contributed by atoms with Gasteiger partial charge in [-0.05, 0) is 24.5 Å². The van der Waals surface area contributed by atoms with Crippen molar-refractivity contribution in [2.24, 2.45) is 5.92 Å². The molecule has 1 amide bonds. The van der Waals surface area contributed by atoms with E-state index in [-0.39, 0.29) is 5.56 Å². The number of nitrogens with one attached hydrogen (secondary N) is 1. The Kier molecular flexibility index (Phi) is 4.65. The van der Waals surface area contributed by atoms with Crippen LogP contribution in [0.5, 0.6) is 0 Å². The quantitative estimate of drug-likeness (QED) is 0.665. The van der Waals surface area contributed by atoms with Crippen molar-refractivity contribution in [3.63, 3.8) is 0 Å². The first-order valence-electron chi connectivity index (χ1n) is 6.80. The average molecular weight is 280 g/mol. The minimum Gasteiger partial charge on any atom is -0.352 e. The van der Waals surface area contributed by atoms with E-state index in [1.165, 1.54) is 31.7 Å². The number of hydrogen-bond acceptors (Lipinski definition) is 3. The van der Waals surface area contributed by atoms with Gasteiger partial charge in [0.1, 0.15) is 0 Å². The molecule has 1 aromatic carbocycles. The zero-order valence-electron chi connectivity index (χ0n) is 11.1. The van der Waals surface area contributed by atoms with Gasteiger partial charge in [-0.1, -0.05) is 25.7 Å². The first kappa shape index (κ1) is 14.4. The molecule has 0 atom stereocenters. The molecule has 0 heterocycles. The molecule has 1 N–H and O–H groups in total. The lowest BCUT2D eigenvalue weighted by Crippen LogP contribution is -2.25. The van der Waals surface area contributed by atoms with Crippen LogP contribution in [0.15, 0.2) is 18.2 Å². The maximum absolute atomic E-state index is 13.2. The normalized spacial score (nSPS) is 15.2. The molecule has 0 aromatic heterocycles. The molecule has 6 heteroatoms. The van der Waals surface area contributed by atoms with Crippen LogP contribution in [-0.2, 0) is 0 Å². The number of nitro benzene ring substituents is 1. The number of halogens is 1. The molecule has 2 rings (SSSR count). The Bertz CT molecular complexity index is 513. The topological polar surface area (TPSA) is 72.2 Å². The average Bonchev–Trinajstić information content (AvgIpc) is 2.92. The molecule has 0 bridgehead atoms. The molecule has 1 aromatic rings. The van der Waals surface area contributed by atoms with Gasteiger partial charge in [-0.3, -0.25) is 14.9 Å². The first-order valence-corrected chi connectivity index (χ1v) is 6.80. The lowest BCUT2D eigenvalue weighted by molar-refractivity contribution is -0.387. The maximum atomic E-state index is 13.2. The summed E-state index contributed by atoms with van der Waals surface area (Å²) in [5.74, 6) is -0.665. The van der Waals surface area contributed by atoms with Crippen molar-refractivity contribution in [3.8, 4) is 0 Å². The largest absolute Gasteiger partial charge is 0.352 e. The standard InChI is InChI=1S/C14H17FN2O3/c15-12-6-5-11(9-13(12)17(19)20)14(18)16-8-7-10-3-1-2-4-10/h5-6,9-10H,1-4,7-8H2,(H,16,18). The molecular formula is C14H17FN2O3. The number of hydrogen-bond donors (Lipinski definition) is 1. The second-order valence-electron chi connectivity index (χ2n) is 5.12. The third-order valence-corrected chi connectivity index (χ3v) is 3.72. The summed E-state index contributed by atoms with van der Waals surface area (Å²) in [5, 5.41) is 13.3. The van der Waals surface area contributed by atoms with Crippen molar-refractivity contribution in [2.45, 2.75) is 32.1 Å². The van der Waals surface area contributed by atoms with Crippen molar-refractivity contribution < 1.29 is 14.1 Å². The molecule has 20 heavy (non-hydrogen) atoms. The summed E-state index contributed by atoms with van der Waals surface area (Å²) < 4.78 is 13.2. The molecule has 0 unspecified atom stereocenters. The number of nitrogens with zero attached hydrogens (tertiary/aromatic N) is 1. The smallest absolute Gasteiger partial charge is 0.305 e. The highest BCUT2D eigenvalue weighted by atomic mass is 19.1. The zero-order chi connectivity index (χ0) is 14.5. The second-order valence-corrected chi connectivity index (χ2v) is 5.12. The van der Waals surface area contributed by atoms with Gasteiger partial charge in [-0.25, -0.2) is 0 Å². The van der Waals surface area contributed by atoms with Crippen molar-refractivity contribution >= 4 is 11.6 Å². The van der Waals surface area contributed by atoms with E-state index in [0.717, 1.165) is 18.6 Å². The Morgan fingerprint density at radius 1 is 1.40 bits per heavy atom. The fourth-order valence-corrected chi connectivity index (χ4v) is 2.58. The summed E-state index contributed by atoms with van der Waals surface area (Å²) in [7, 11) is 0. The second kappa shape index (κ2) is 6.45. The SMILES string of the molecule is O=C(NCCC1CCCC1)c1ccc(F)c([N+](=O)[O-])c1. The van der Waals surface area contributed by atoms with Crippen molar-refractivity contribution in [2.75, 3.05) is 6.54 Å². The van der Waals surface area contributed by atoms with Crippen molar-refractivity contribution in [3.05, 3.63) is 39.7 Å².